The summed E-state index contributed by atoms with van der Waals surface area (Å²) in [5, 5.41) is 5.73. The fraction of sp³-hybridized carbons (Fsp3) is 0.222. The lowest BCUT2D eigenvalue weighted by Gasteiger charge is -2.23. The summed E-state index contributed by atoms with van der Waals surface area (Å²) in [5.74, 6) is 0.0557. The van der Waals surface area contributed by atoms with Crippen LogP contribution in [0.4, 0.5) is 11.4 Å². The molecule has 0 radical (unpaired) electrons. The van der Waals surface area contributed by atoms with Crippen molar-refractivity contribution in [2.75, 3.05) is 17.7 Å². The molecule has 5 nitrogen and oxygen atoms in total. The van der Waals surface area contributed by atoms with Gasteiger partial charge in [0.2, 0.25) is 11.8 Å². The molecule has 1 heterocycles. The predicted octanol–water partition coefficient (Wildman–Crippen LogP) is 4.10. The highest BCUT2D eigenvalue weighted by Gasteiger charge is 2.29. The van der Waals surface area contributed by atoms with Crippen molar-refractivity contribution in [1.82, 2.24) is 0 Å². The lowest BCUT2D eigenvalue weighted by molar-refractivity contribution is -0.120. The molecule has 1 atom stereocenters. The van der Waals surface area contributed by atoms with Gasteiger partial charge in [-0.25, -0.2) is 0 Å². The van der Waals surface area contributed by atoms with Gasteiger partial charge in [0.05, 0.1) is 23.7 Å². The average molecular weight is 377 g/mol. The number of fused-ring (bicyclic) bond motifs is 1. The number of amides is 2. The van der Waals surface area contributed by atoms with Crippen molar-refractivity contribution in [3.8, 4) is 5.75 Å². The number of hydrogen-bond donors (Lipinski definition) is 2. The molecule has 2 amide bonds. The number of methoxy groups -OCH3 is 1. The number of carbonyl (C=O) groups excluding carboxylic acids is 2. The Morgan fingerprint density at radius 2 is 2.12 bits per heavy atom. The van der Waals surface area contributed by atoms with Crippen molar-refractivity contribution < 1.29 is 14.3 Å². The fourth-order valence-corrected chi connectivity index (χ4v) is 3.79. The van der Waals surface area contributed by atoms with Crippen molar-refractivity contribution in [2.24, 2.45) is 0 Å². The fourth-order valence-electron chi connectivity index (χ4n) is 2.53. The molecule has 7 heteroatoms. The Balaban J connectivity index is 1.71. The number of rotatable bonds is 4. The van der Waals surface area contributed by atoms with Gasteiger partial charge in [-0.3, -0.25) is 9.59 Å². The molecular weight excluding hydrogens is 360 g/mol. The first-order chi connectivity index (χ1) is 12.0. The van der Waals surface area contributed by atoms with Crippen LogP contribution in [0, 0.1) is 6.92 Å². The molecule has 0 spiro atoms. The molecule has 0 aliphatic carbocycles. The van der Waals surface area contributed by atoms with Gasteiger partial charge >= 0.3 is 0 Å². The molecule has 2 N–H and O–H groups in total. The summed E-state index contributed by atoms with van der Waals surface area (Å²) in [7, 11) is 1.51. The maximum Gasteiger partial charge on any atom is 0.238 e. The molecule has 1 aliphatic rings. The average Bonchev–Trinajstić information content (AvgIpc) is 2.58. The number of para-hydroxylation sites is 1. The van der Waals surface area contributed by atoms with E-state index < -0.39 is 5.25 Å². The number of hydrogen-bond acceptors (Lipinski definition) is 4. The van der Waals surface area contributed by atoms with Crippen LogP contribution in [0.15, 0.2) is 41.3 Å². The summed E-state index contributed by atoms with van der Waals surface area (Å²) >= 11 is 7.47. The van der Waals surface area contributed by atoms with Crippen LogP contribution in [0.3, 0.4) is 0 Å². The monoisotopic (exact) mass is 376 g/mol. The number of aryl methyl sites for hydroxylation is 1. The van der Waals surface area contributed by atoms with E-state index in [4.69, 9.17) is 16.3 Å². The van der Waals surface area contributed by atoms with Crippen LogP contribution in [0.25, 0.3) is 0 Å². The van der Waals surface area contributed by atoms with Crippen LogP contribution in [-0.2, 0) is 9.59 Å². The van der Waals surface area contributed by atoms with E-state index in [0.29, 0.717) is 16.5 Å². The second-order valence-electron chi connectivity index (χ2n) is 5.65. The molecule has 25 heavy (non-hydrogen) atoms. The van der Waals surface area contributed by atoms with Gasteiger partial charge in [-0.2, -0.15) is 0 Å². The van der Waals surface area contributed by atoms with Crippen molar-refractivity contribution in [3.63, 3.8) is 0 Å². The first-order valence-corrected chi connectivity index (χ1v) is 8.94. The van der Waals surface area contributed by atoms with E-state index in [2.05, 4.69) is 10.6 Å². The van der Waals surface area contributed by atoms with Crippen LogP contribution in [-0.4, -0.2) is 24.2 Å². The Bertz CT molecular complexity index is 841. The minimum absolute atomic E-state index is 0.0651. The standard InChI is InChI=1S/C18H17ClN2O3S/c1-10-7-13(14(24-2)8-11(10)19)20-17(22)9-16-18(23)21-12-5-3-4-6-15(12)25-16/h3-8,16H,9H2,1-2H3,(H,20,22)(H,21,23)/t16-/m0/s1. The van der Waals surface area contributed by atoms with Gasteiger partial charge < -0.3 is 15.4 Å². The molecular formula is C18H17ClN2O3S. The van der Waals surface area contributed by atoms with Crippen LogP contribution in [0.2, 0.25) is 5.02 Å². The number of nitrogens with one attached hydrogen (secondary N) is 2. The SMILES string of the molecule is COc1cc(Cl)c(C)cc1NC(=O)C[C@@H]1Sc2ccccc2NC1=O. The zero-order valence-electron chi connectivity index (χ0n) is 13.8. The molecule has 2 aromatic carbocycles. The largest absolute Gasteiger partial charge is 0.495 e. The number of anilines is 2. The lowest BCUT2D eigenvalue weighted by atomic mass is 10.2. The third kappa shape index (κ3) is 3.91. The molecule has 1 aliphatic heterocycles. The normalized spacial score (nSPS) is 16.0. The third-order valence-corrected chi connectivity index (χ3v) is 5.51. The zero-order chi connectivity index (χ0) is 18.0. The maximum atomic E-state index is 12.4. The third-order valence-electron chi connectivity index (χ3n) is 3.83. The summed E-state index contributed by atoms with van der Waals surface area (Å²) in [6, 6.07) is 10.9. The topological polar surface area (TPSA) is 67.4 Å². The van der Waals surface area contributed by atoms with Gasteiger partial charge in [-0.05, 0) is 30.7 Å². The Labute approximate surface area is 155 Å². The number of carbonyl (C=O) groups is 2. The van der Waals surface area contributed by atoms with Gasteiger partial charge in [-0.15, -0.1) is 11.8 Å². The quantitative estimate of drug-likeness (QED) is 0.843. The number of halogens is 1. The minimum Gasteiger partial charge on any atom is -0.495 e. The molecule has 0 aromatic heterocycles. The van der Waals surface area contributed by atoms with Crippen molar-refractivity contribution in [3.05, 3.63) is 47.0 Å². The Morgan fingerprint density at radius 3 is 2.88 bits per heavy atom. The van der Waals surface area contributed by atoms with Gasteiger partial charge in [0, 0.05) is 22.4 Å². The van der Waals surface area contributed by atoms with E-state index in [1.165, 1.54) is 18.9 Å². The van der Waals surface area contributed by atoms with Crippen molar-refractivity contribution in [2.45, 2.75) is 23.5 Å². The van der Waals surface area contributed by atoms with Crippen LogP contribution in [0.1, 0.15) is 12.0 Å². The maximum absolute atomic E-state index is 12.4. The van der Waals surface area contributed by atoms with E-state index in [-0.39, 0.29) is 18.2 Å². The summed E-state index contributed by atoms with van der Waals surface area (Å²) < 4.78 is 5.26. The van der Waals surface area contributed by atoms with E-state index in [9.17, 15) is 9.59 Å². The highest BCUT2D eigenvalue weighted by Crippen LogP contribution is 2.37. The summed E-state index contributed by atoms with van der Waals surface area (Å²) in [5.41, 5.74) is 2.15. The Kier molecular flexibility index (Phi) is 5.20. The van der Waals surface area contributed by atoms with Crippen LogP contribution >= 0.6 is 23.4 Å². The van der Waals surface area contributed by atoms with Gasteiger partial charge in [-0.1, -0.05) is 23.7 Å². The van der Waals surface area contributed by atoms with Crippen molar-refractivity contribution >= 4 is 46.6 Å². The molecule has 0 bridgehead atoms. The van der Waals surface area contributed by atoms with E-state index in [1.807, 2.05) is 31.2 Å². The molecule has 2 aromatic rings. The smallest absolute Gasteiger partial charge is 0.238 e. The molecule has 0 saturated carbocycles. The molecule has 0 saturated heterocycles. The van der Waals surface area contributed by atoms with Crippen molar-refractivity contribution in [1.29, 1.82) is 0 Å². The molecule has 0 unspecified atom stereocenters. The van der Waals surface area contributed by atoms with Gasteiger partial charge in [0.15, 0.2) is 0 Å². The van der Waals surface area contributed by atoms with Crippen LogP contribution < -0.4 is 15.4 Å². The summed E-state index contributed by atoms with van der Waals surface area (Å²) in [6.07, 6.45) is 0.0651. The van der Waals surface area contributed by atoms with E-state index in [0.717, 1.165) is 16.1 Å². The van der Waals surface area contributed by atoms with Crippen LogP contribution in [0.5, 0.6) is 5.75 Å². The predicted molar refractivity (Wildman–Crippen MR) is 101 cm³/mol. The highest BCUT2D eigenvalue weighted by atomic mass is 35.5. The minimum atomic E-state index is -0.478. The summed E-state index contributed by atoms with van der Waals surface area (Å²) in [4.78, 5) is 25.6. The van der Waals surface area contributed by atoms with Gasteiger partial charge in [0.1, 0.15) is 5.75 Å². The molecule has 0 fully saturated rings. The zero-order valence-corrected chi connectivity index (χ0v) is 15.3. The van der Waals surface area contributed by atoms with Gasteiger partial charge in [0.25, 0.3) is 0 Å². The molecule has 130 valence electrons. The molecule has 3 rings (SSSR count). The lowest BCUT2D eigenvalue weighted by Crippen LogP contribution is -2.32. The Hall–Kier alpha value is -2.18. The number of thioether (sulfide) groups is 1. The van der Waals surface area contributed by atoms with E-state index in [1.54, 1.807) is 12.1 Å². The number of benzene rings is 2. The Morgan fingerprint density at radius 1 is 1.36 bits per heavy atom. The first kappa shape index (κ1) is 17.6. The second kappa shape index (κ2) is 7.37. The second-order valence-corrected chi connectivity index (χ2v) is 7.30. The summed E-state index contributed by atoms with van der Waals surface area (Å²) in [6.45, 7) is 1.85. The highest BCUT2D eigenvalue weighted by molar-refractivity contribution is 8.01. The number of ether oxygens (including phenoxy) is 1. The van der Waals surface area contributed by atoms with E-state index >= 15 is 0 Å². The first-order valence-electron chi connectivity index (χ1n) is 7.68.